The van der Waals surface area contributed by atoms with Crippen molar-refractivity contribution in [2.45, 2.75) is 51.6 Å². The summed E-state index contributed by atoms with van der Waals surface area (Å²) in [6.45, 7) is 2.19. The van der Waals surface area contributed by atoms with Crippen molar-refractivity contribution in [1.82, 2.24) is 0 Å². The summed E-state index contributed by atoms with van der Waals surface area (Å²) in [6, 6.07) is 5.33. The van der Waals surface area contributed by atoms with Crippen LogP contribution in [0, 0.1) is 0 Å². The quantitative estimate of drug-likeness (QED) is 0.662. The fourth-order valence-corrected chi connectivity index (χ4v) is 2.56. The first-order valence-corrected chi connectivity index (χ1v) is 7.04. The Hall–Kier alpha value is -0.240. The molecule has 1 unspecified atom stereocenters. The van der Waals surface area contributed by atoms with Gasteiger partial charge in [-0.25, -0.2) is 0 Å². The van der Waals surface area contributed by atoms with Gasteiger partial charge < -0.3 is 5.11 Å². The zero-order valence-electron chi connectivity index (χ0n) is 10.3. The molecule has 0 fully saturated rings. The van der Waals surface area contributed by atoms with Crippen molar-refractivity contribution in [2.24, 2.45) is 0 Å². The number of aliphatic hydroxyl groups is 1. The predicted molar refractivity (Wildman–Crippen MR) is 74.8 cm³/mol. The predicted octanol–water partition coefficient (Wildman–Crippen LogP) is 5.39. The van der Waals surface area contributed by atoms with Crippen LogP contribution < -0.4 is 0 Å². The molecule has 0 aromatic heterocycles. The van der Waals surface area contributed by atoms with Gasteiger partial charge in [-0.1, -0.05) is 68.3 Å². The van der Waals surface area contributed by atoms with Crippen molar-refractivity contribution in [3.63, 3.8) is 0 Å². The first-order chi connectivity index (χ1) is 8.16. The van der Waals surface area contributed by atoms with Gasteiger partial charge in [0.25, 0.3) is 0 Å². The van der Waals surface area contributed by atoms with Crippen molar-refractivity contribution in [3.05, 3.63) is 33.8 Å². The third kappa shape index (κ3) is 4.87. The van der Waals surface area contributed by atoms with Crippen LogP contribution in [-0.4, -0.2) is 5.11 Å². The molecule has 1 N–H and O–H groups in total. The van der Waals surface area contributed by atoms with Crippen LogP contribution in [0.25, 0.3) is 0 Å². The van der Waals surface area contributed by atoms with E-state index in [2.05, 4.69) is 6.92 Å². The summed E-state index contributed by atoms with van der Waals surface area (Å²) in [7, 11) is 0. The number of benzene rings is 1. The molecule has 0 spiro atoms. The Morgan fingerprint density at radius 2 is 1.65 bits per heavy atom. The zero-order valence-corrected chi connectivity index (χ0v) is 11.8. The summed E-state index contributed by atoms with van der Waals surface area (Å²) in [4.78, 5) is 0. The van der Waals surface area contributed by atoms with E-state index in [0.29, 0.717) is 15.6 Å². The Morgan fingerprint density at radius 3 is 2.24 bits per heavy atom. The average molecular weight is 275 g/mol. The highest BCUT2D eigenvalue weighted by Gasteiger charge is 2.14. The maximum atomic E-state index is 10.1. The molecule has 0 aliphatic heterocycles. The highest BCUT2D eigenvalue weighted by atomic mass is 35.5. The summed E-state index contributed by atoms with van der Waals surface area (Å²) in [5, 5.41) is 11.2. The second-order valence-corrected chi connectivity index (χ2v) is 5.17. The lowest BCUT2D eigenvalue weighted by atomic mass is 10.0. The van der Waals surface area contributed by atoms with Crippen LogP contribution in [0.5, 0.6) is 0 Å². The van der Waals surface area contributed by atoms with Gasteiger partial charge in [0.15, 0.2) is 0 Å². The van der Waals surface area contributed by atoms with Crippen LogP contribution in [0.15, 0.2) is 18.2 Å². The van der Waals surface area contributed by atoms with E-state index < -0.39 is 6.10 Å². The Labute approximate surface area is 114 Å². The molecule has 1 atom stereocenters. The Balaban J connectivity index is 2.44. The molecule has 3 heteroatoms. The molecule has 0 saturated heterocycles. The largest absolute Gasteiger partial charge is 0.388 e. The van der Waals surface area contributed by atoms with Crippen LogP contribution in [0.1, 0.15) is 57.1 Å². The molecule has 0 aliphatic rings. The fraction of sp³-hybridized carbons (Fsp3) is 0.571. The zero-order chi connectivity index (χ0) is 12.7. The van der Waals surface area contributed by atoms with Crippen molar-refractivity contribution < 1.29 is 5.11 Å². The van der Waals surface area contributed by atoms with E-state index in [9.17, 15) is 5.11 Å². The second-order valence-electron chi connectivity index (χ2n) is 4.35. The Morgan fingerprint density at radius 1 is 1.06 bits per heavy atom. The van der Waals surface area contributed by atoms with E-state index in [1.807, 2.05) is 0 Å². The molecule has 0 radical (unpaired) electrons. The van der Waals surface area contributed by atoms with Gasteiger partial charge in [0, 0.05) is 15.6 Å². The molecular weight excluding hydrogens is 255 g/mol. The van der Waals surface area contributed by atoms with Crippen LogP contribution in [0.2, 0.25) is 10.0 Å². The number of hydrogen-bond donors (Lipinski definition) is 1. The number of halogens is 2. The van der Waals surface area contributed by atoms with E-state index in [1.165, 1.54) is 19.3 Å². The summed E-state index contributed by atoms with van der Waals surface area (Å²) in [5.41, 5.74) is 0.673. The maximum absolute atomic E-state index is 10.1. The van der Waals surface area contributed by atoms with E-state index in [1.54, 1.807) is 18.2 Å². The summed E-state index contributed by atoms with van der Waals surface area (Å²) >= 11 is 12.1. The number of rotatable bonds is 7. The number of unbranched alkanes of at least 4 members (excludes halogenated alkanes) is 4. The molecule has 1 aromatic rings. The molecule has 0 aliphatic carbocycles. The maximum Gasteiger partial charge on any atom is 0.0819 e. The van der Waals surface area contributed by atoms with Gasteiger partial charge in [0.1, 0.15) is 0 Å². The van der Waals surface area contributed by atoms with Gasteiger partial charge in [0.05, 0.1) is 6.10 Å². The highest BCUT2D eigenvalue weighted by Crippen LogP contribution is 2.32. The SMILES string of the molecule is CCCCCCCC(O)c1c(Cl)cccc1Cl. The molecule has 0 bridgehead atoms. The molecule has 1 rings (SSSR count). The molecular formula is C14H20Cl2O. The first kappa shape index (κ1) is 14.8. The normalized spacial score (nSPS) is 12.7. The highest BCUT2D eigenvalue weighted by molar-refractivity contribution is 6.36. The smallest absolute Gasteiger partial charge is 0.0819 e. The Bertz CT molecular complexity index is 319. The lowest BCUT2D eigenvalue weighted by molar-refractivity contribution is 0.163. The number of aliphatic hydroxyl groups excluding tert-OH is 1. The summed E-state index contributed by atoms with van der Waals surface area (Å²) in [6.07, 6.45) is 6.10. The molecule has 0 saturated carbocycles. The minimum atomic E-state index is -0.544. The van der Waals surface area contributed by atoms with Gasteiger partial charge >= 0.3 is 0 Å². The van der Waals surface area contributed by atoms with Gasteiger partial charge in [-0.15, -0.1) is 0 Å². The third-order valence-electron chi connectivity index (χ3n) is 2.91. The third-order valence-corrected chi connectivity index (χ3v) is 3.57. The van der Waals surface area contributed by atoms with E-state index >= 15 is 0 Å². The standard InChI is InChI=1S/C14H20Cl2O/c1-2-3-4-5-6-10-13(17)14-11(15)8-7-9-12(14)16/h7-9,13,17H,2-6,10H2,1H3. The molecule has 96 valence electrons. The van der Waals surface area contributed by atoms with E-state index in [-0.39, 0.29) is 0 Å². The van der Waals surface area contributed by atoms with Crippen molar-refractivity contribution in [3.8, 4) is 0 Å². The van der Waals surface area contributed by atoms with Crippen LogP contribution in [0.3, 0.4) is 0 Å². The monoisotopic (exact) mass is 274 g/mol. The lowest BCUT2D eigenvalue weighted by Gasteiger charge is -2.14. The fourth-order valence-electron chi connectivity index (χ4n) is 1.91. The molecule has 17 heavy (non-hydrogen) atoms. The molecule has 0 heterocycles. The van der Waals surface area contributed by atoms with Gasteiger partial charge in [-0.05, 0) is 18.6 Å². The van der Waals surface area contributed by atoms with Crippen LogP contribution in [0.4, 0.5) is 0 Å². The van der Waals surface area contributed by atoms with Gasteiger partial charge in [0.2, 0.25) is 0 Å². The van der Waals surface area contributed by atoms with Crippen molar-refractivity contribution >= 4 is 23.2 Å². The molecule has 1 nitrogen and oxygen atoms in total. The van der Waals surface area contributed by atoms with E-state index in [4.69, 9.17) is 23.2 Å². The van der Waals surface area contributed by atoms with E-state index in [0.717, 1.165) is 19.3 Å². The van der Waals surface area contributed by atoms with Gasteiger partial charge in [-0.2, -0.15) is 0 Å². The molecule has 1 aromatic carbocycles. The van der Waals surface area contributed by atoms with Crippen molar-refractivity contribution in [2.75, 3.05) is 0 Å². The minimum absolute atomic E-state index is 0.544. The van der Waals surface area contributed by atoms with Crippen molar-refractivity contribution in [1.29, 1.82) is 0 Å². The first-order valence-electron chi connectivity index (χ1n) is 6.28. The lowest BCUT2D eigenvalue weighted by Crippen LogP contribution is -1.99. The Kier molecular flexibility index (Phi) is 6.94. The summed E-state index contributed by atoms with van der Waals surface area (Å²) in [5.74, 6) is 0. The molecule has 0 amide bonds. The average Bonchev–Trinajstić information content (AvgIpc) is 2.28. The minimum Gasteiger partial charge on any atom is -0.388 e. The number of hydrogen-bond acceptors (Lipinski definition) is 1. The van der Waals surface area contributed by atoms with Crippen LogP contribution in [-0.2, 0) is 0 Å². The summed E-state index contributed by atoms with van der Waals surface area (Å²) < 4.78 is 0. The second kappa shape index (κ2) is 7.97. The van der Waals surface area contributed by atoms with Crippen LogP contribution >= 0.6 is 23.2 Å². The topological polar surface area (TPSA) is 20.2 Å². The van der Waals surface area contributed by atoms with Gasteiger partial charge in [-0.3, -0.25) is 0 Å².